The predicted octanol–water partition coefficient (Wildman–Crippen LogP) is 1.49. The van der Waals surface area contributed by atoms with Crippen LogP contribution in [0, 0.1) is 0 Å². The molecule has 1 aliphatic rings. The Labute approximate surface area is 139 Å². The number of nitrogens with one attached hydrogen (secondary N) is 1. The van der Waals surface area contributed by atoms with Gasteiger partial charge >= 0.3 is 0 Å². The maximum absolute atomic E-state index is 12.3. The van der Waals surface area contributed by atoms with E-state index in [1.807, 2.05) is 6.07 Å². The number of carbonyl (C=O) groups is 2. The molecular weight excluding hydrogens is 310 g/mol. The molecule has 0 aromatic heterocycles. The first-order valence-corrected chi connectivity index (χ1v) is 7.59. The second kappa shape index (κ2) is 7.14. The van der Waals surface area contributed by atoms with Crippen molar-refractivity contribution in [3.8, 4) is 11.5 Å². The number of aliphatic hydroxyl groups is 1. The Morgan fingerprint density at radius 3 is 2.46 bits per heavy atom. The van der Waals surface area contributed by atoms with Gasteiger partial charge in [-0.05, 0) is 23.8 Å². The maximum atomic E-state index is 12.3. The summed E-state index contributed by atoms with van der Waals surface area (Å²) in [5, 5.41) is 12.0. The van der Waals surface area contributed by atoms with E-state index in [1.165, 1.54) is 12.1 Å². The van der Waals surface area contributed by atoms with E-state index in [9.17, 15) is 14.7 Å². The largest absolute Gasteiger partial charge is 0.486 e. The van der Waals surface area contributed by atoms with E-state index >= 15 is 0 Å². The van der Waals surface area contributed by atoms with E-state index in [0.717, 1.165) is 5.56 Å². The van der Waals surface area contributed by atoms with Crippen LogP contribution in [0.25, 0.3) is 0 Å². The van der Waals surface area contributed by atoms with Gasteiger partial charge in [0.05, 0.1) is 12.6 Å². The molecule has 0 spiro atoms. The Hall–Kier alpha value is -2.86. The second-order valence-electron chi connectivity index (χ2n) is 5.31. The third-order valence-corrected chi connectivity index (χ3v) is 3.70. The van der Waals surface area contributed by atoms with Gasteiger partial charge in [0, 0.05) is 5.56 Å². The summed E-state index contributed by atoms with van der Waals surface area (Å²) < 4.78 is 10.8. The maximum Gasteiger partial charge on any atom is 0.292 e. The number of hydrogen-bond donors (Lipinski definition) is 2. The van der Waals surface area contributed by atoms with Gasteiger partial charge in [0.15, 0.2) is 11.5 Å². The van der Waals surface area contributed by atoms with Crippen molar-refractivity contribution in [2.45, 2.75) is 6.04 Å². The van der Waals surface area contributed by atoms with Crippen molar-refractivity contribution in [3.05, 3.63) is 59.7 Å². The van der Waals surface area contributed by atoms with Crippen LogP contribution in [-0.2, 0) is 4.79 Å². The normalized spacial score (nSPS) is 13.9. The van der Waals surface area contributed by atoms with Gasteiger partial charge in [-0.15, -0.1) is 0 Å². The lowest BCUT2D eigenvalue weighted by Gasteiger charge is -2.19. The molecular formula is C18H17NO5. The summed E-state index contributed by atoms with van der Waals surface area (Å²) in [4.78, 5) is 24.5. The van der Waals surface area contributed by atoms with Gasteiger partial charge in [-0.1, -0.05) is 30.3 Å². The van der Waals surface area contributed by atoms with E-state index in [0.29, 0.717) is 24.7 Å². The first-order valence-electron chi connectivity index (χ1n) is 7.59. The number of carbonyl (C=O) groups excluding carboxylic acids is 2. The molecule has 2 aromatic rings. The van der Waals surface area contributed by atoms with Crippen molar-refractivity contribution in [2.75, 3.05) is 19.8 Å². The Morgan fingerprint density at radius 2 is 1.75 bits per heavy atom. The van der Waals surface area contributed by atoms with Crippen LogP contribution in [0.5, 0.6) is 11.5 Å². The third kappa shape index (κ3) is 3.38. The Kier molecular flexibility index (Phi) is 4.77. The van der Waals surface area contributed by atoms with Gasteiger partial charge in [0.2, 0.25) is 5.78 Å². The number of ether oxygens (including phenoxy) is 2. The molecule has 1 amide bonds. The van der Waals surface area contributed by atoms with Gasteiger partial charge < -0.3 is 19.9 Å². The molecule has 0 bridgehead atoms. The third-order valence-electron chi connectivity index (χ3n) is 3.70. The summed E-state index contributed by atoms with van der Waals surface area (Å²) in [6.45, 7) is 0.553. The molecule has 0 unspecified atom stereocenters. The highest BCUT2D eigenvalue weighted by atomic mass is 16.6. The summed E-state index contributed by atoms with van der Waals surface area (Å²) in [7, 11) is 0. The summed E-state index contributed by atoms with van der Waals surface area (Å²) in [5.74, 6) is -0.478. The van der Waals surface area contributed by atoms with Crippen molar-refractivity contribution < 1.29 is 24.2 Å². The lowest BCUT2D eigenvalue weighted by Crippen LogP contribution is -2.36. The number of hydrogen-bond acceptors (Lipinski definition) is 5. The van der Waals surface area contributed by atoms with Crippen LogP contribution in [-0.4, -0.2) is 36.6 Å². The fraction of sp³-hybridized carbons (Fsp3) is 0.222. The highest BCUT2D eigenvalue weighted by Gasteiger charge is 2.22. The fourth-order valence-corrected chi connectivity index (χ4v) is 2.46. The topological polar surface area (TPSA) is 84.9 Å². The molecule has 0 aliphatic carbocycles. The van der Waals surface area contributed by atoms with Crippen LogP contribution in [0.4, 0.5) is 0 Å². The van der Waals surface area contributed by atoms with Gasteiger partial charge in [-0.3, -0.25) is 9.59 Å². The van der Waals surface area contributed by atoms with Crippen molar-refractivity contribution in [2.24, 2.45) is 0 Å². The summed E-state index contributed by atoms with van der Waals surface area (Å²) >= 11 is 0. The molecule has 2 aromatic carbocycles. The van der Waals surface area contributed by atoms with Crippen LogP contribution in [0.15, 0.2) is 48.5 Å². The lowest BCUT2D eigenvalue weighted by atomic mass is 10.1. The van der Waals surface area contributed by atoms with E-state index in [4.69, 9.17) is 9.47 Å². The van der Waals surface area contributed by atoms with Crippen LogP contribution in [0.2, 0.25) is 0 Å². The molecule has 124 valence electrons. The zero-order valence-electron chi connectivity index (χ0n) is 12.9. The monoisotopic (exact) mass is 327 g/mol. The molecule has 2 N–H and O–H groups in total. The molecule has 0 saturated heterocycles. The van der Waals surface area contributed by atoms with E-state index < -0.39 is 17.7 Å². The summed E-state index contributed by atoms with van der Waals surface area (Å²) in [6.07, 6.45) is 0. The van der Waals surface area contributed by atoms with E-state index in [2.05, 4.69) is 5.32 Å². The van der Waals surface area contributed by atoms with Crippen molar-refractivity contribution in [1.29, 1.82) is 0 Å². The van der Waals surface area contributed by atoms with Crippen molar-refractivity contribution in [3.63, 3.8) is 0 Å². The standard InChI is InChI=1S/C18H17NO5/c20-11-14(12-4-2-1-3-5-12)19-18(22)17(21)13-6-7-15-16(10-13)24-9-8-23-15/h1-7,10,14,20H,8-9,11H2,(H,19,22)/t14-/m0/s1. The number of amides is 1. The molecule has 6 heteroatoms. The number of ketones is 1. The van der Waals surface area contributed by atoms with Crippen LogP contribution in [0.3, 0.4) is 0 Å². The van der Waals surface area contributed by atoms with Gasteiger partial charge in [0.1, 0.15) is 13.2 Å². The minimum Gasteiger partial charge on any atom is -0.486 e. The van der Waals surface area contributed by atoms with Crippen molar-refractivity contribution >= 4 is 11.7 Å². The number of benzene rings is 2. The zero-order chi connectivity index (χ0) is 16.9. The average molecular weight is 327 g/mol. The highest BCUT2D eigenvalue weighted by molar-refractivity contribution is 6.42. The number of rotatable bonds is 5. The van der Waals surface area contributed by atoms with Gasteiger partial charge in [-0.2, -0.15) is 0 Å². The van der Waals surface area contributed by atoms with Crippen molar-refractivity contribution in [1.82, 2.24) is 5.32 Å². The van der Waals surface area contributed by atoms with Crippen LogP contribution < -0.4 is 14.8 Å². The molecule has 0 fully saturated rings. The van der Waals surface area contributed by atoms with Gasteiger partial charge in [0.25, 0.3) is 5.91 Å². The van der Waals surface area contributed by atoms with E-state index in [-0.39, 0.29) is 12.2 Å². The molecule has 1 aliphatic heterocycles. The lowest BCUT2D eigenvalue weighted by molar-refractivity contribution is -0.118. The first-order chi connectivity index (χ1) is 11.7. The SMILES string of the molecule is O=C(N[C@@H](CO)c1ccccc1)C(=O)c1ccc2c(c1)OCCO2. The van der Waals surface area contributed by atoms with Crippen LogP contribution in [0.1, 0.15) is 22.0 Å². The zero-order valence-corrected chi connectivity index (χ0v) is 12.9. The quantitative estimate of drug-likeness (QED) is 0.642. The minimum atomic E-state index is -0.783. The Morgan fingerprint density at radius 1 is 1.04 bits per heavy atom. The highest BCUT2D eigenvalue weighted by Crippen LogP contribution is 2.30. The fourth-order valence-electron chi connectivity index (χ4n) is 2.46. The summed E-state index contributed by atoms with van der Waals surface area (Å²) in [6, 6.07) is 13.0. The van der Waals surface area contributed by atoms with Gasteiger partial charge in [-0.25, -0.2) is 0 Å². The average Bonchev–Trinajstić information content (AvgIpc) is 2.65. The van der Waals surface area contributed by atoms with E-state index in [1.54, 1.807) is 30.3 Å². The molecule has 24 heavy (non-hydrogen) atoms. The number of aliphatic hydroxyl groups excluding tert-OH is 1. The molecule has 0 radical (unpaired) electrons. The predicted molar refractivity (Wildman–Crippen MR) is 86.2 cm³/mol. The number of Topliss-reactive ketones (excluding diaryl/α,β-unsaturated/α-hetero) is 1. The first kappa shape index (κ1) is 16.0. The molecule has 3 rings (SSSR count). The van der Waals surface area contributed by atoms with Crippen LogP contribution >= 0.6 is 0 Å². The smallest absolute Gasteiger partial charge is 0.292 e. The molecule has 0 saturated carbocycles. The minimum absolute atomic E-state index is 0.210. The number of fused-ring (bicyclic) bond motifs is 1. The second-order valence-corrected chi connectivity index (χ2v) is 5.31. The molecule has 6 nitrogen and oxygen atoms in total. The Balaban J connectivity index is 1.73. The Bertz CT molecular complexity index is 744. The molecule has 1 heterocycles. The molecule has 1 atom stereocenters. The summed E-state index contributed by atoms with van der Waals surface area (Å²) in [5.41, 5.74) is 0.935.